The van der Waals surface area contributed by atoms with Gasteiger partial charge in [-0.2, -0.15) is 0 Å². The number of nitrogens with zero attached hydrogens (tertiary/aromatic N) is 2. The molecule has 0 saturated carbocycles. The number of rotatable bonds is 8. The first kappa shape index (κ1) is 20.2. The fourth-order valence-electron chi connectivity index (χ4n) is 2.61. The summed E-state index contributed by atoms with van der Waals surface area (Å²) < 4.78 is 22.5. The van der Waals surface area contributed by atoms with Gasteiger partial charge in [-0.05, 0) is 52.1 Å². The van der Waals surface area contributed by atoms with Crippen molar-refractivity contribution in [3.05, 3.63) is 0 Å². The lowest BCUT2D eigenvalue weighted by molar-refractivity contribution is 0.197. The fraction of sp³-hybridized carbons (Fsp3) is 0.938. The van der Waals surface area contributed by atoms with Crippen LogP contribution < -0.4 is 10.6 Å². The molecule has 1 rings (SSSR count). The number of aliphatic imine (C=N–C) groups is 1. The number of nitrogens with one attached hydrogen (secondary N) is 2. The number of piperidine rings is 1. The van der Waals surface area contributed by atoms with Crippen molar-refractivity contribution < 1.29 is 8.42 Å². The fourth-order valence-corrected chi connectivity index (χ4v) is 3.39. The Balaban J connectivity index is 2.37. The highest BCUT2D eigenvalue weighted by atomic mass is 32.2. The average Bonchev–Trinajstić information content (AvgIpc) is 2.47. The lowest BCUT2D eigenvalue weighted by Gasteiger charge is -2.29. The lowest BCUT2D eigenvalue weighted by Crippen LogP contribution is -2.43. The first-order valence-corrected chi connectivity index (χ1v) is 10.8. The molecule has 0 aromatic carbocycles. The van der Waals surface area contributed by atoms with E-state index in [4.69, 9.17) is 0 Å². The number of likely N-dealkylation sites (tertiary alicyclic amines) is 1. The molecular weight excluding hydrogens is 312 g/mol. The largest absolute Gasteiger partial charge is 0.357 e. The van der Waals surface area contributed by atoms with Gasteiger partial charge in [0.1, 0.15) is 9.84 Å². The second kappa shape index (κ2) is 10.1. The Morgan fingerprint density at radius 3 is 2.57 bits per heavy atom. The molecule has 0 spiro atoms. The van der Waals surface area contributed by atoms with Crippen molar-refractivity contribution in [2.24, 2.45) is 10.9 Å². The van der Waals surface area contributed by atoms with Crippen LogP contribution in [0.2, 0.25) is 0 Å². The minimum atomic E-state index is -2.91. The molecule has 0 aliphatic carbocycles. The van der Waals surface area contributed by atoms with Crippen molar-refractivity contribution in [1.82, 2.24) is 15.5 Å². The second-order valence-electron chi connectivity index (χ2n) is 6.75. The molecule has 0 radical (unpaired) electrons. The predicted octanol–water partition coefficient (Wildman–Crippen LogP) is 1.10. The average molecular weight is 347 g/mol. The van der Waals surface area contributed by atoms with Crippen LogP contribution in [0.25, 0.3) is 0 Å². The van der Waals surface area contributed by atoms with E-state index >= 15 is 0 Å². The summed E-state index contributed by atoms with van der Waals surface area (Å²) in [6.07, 6.45) is 4.43. The van der Waals surface area contributed by atoms with Crippen LogP contribution >= 0.6 is 0 Å². The van der Waals surface area contributed by atoms with Crippen molar-refractivity contribution in [2.45, 2.75) is 46.1 Å². The summed E-state index contributed by atoms with van der Waals surface area (Å²) in [5, 5.41) is 6.52. The molecule has 1 aliphatic heterocycles. The quantitative estimate of drug-likeness (QED) is 0.508. The molecule has 0 aromatic rings. The monoisotopic (exact) mass is 346 g/mol. The highest BCUT2D eigenvalue weighted by molar-refractivity contribution is 7.90. The molecule has 1 atom stereocenters. The Morgan fingerprint density at radius 2 is 2.00 bits per heavy atom. The van der Waals surface area contributed by atoms with Crippen LogP contribution in [0.4, 0.5) is 0 Å². The Hall–Kier alpha value is -0.820. The van der Waals surface area contributed by atoms with Gasteiger partial charge in [0.2, 0.25) is 0 Å². The summed E-state index contributed by atoms with van der Waals surface area (Å²) in [4.78, 5) is 7.09. The molecular formula is C16H34N4O2S. The number of hydrogen-bond donors (Lipinski definition) is 2. The van der Waals surface area contributed by atoms with E-state index in [0.717, 1.165) is 31.5 Å². The molecule has 6 nitrogen and oxygen atoms in total. The molecule has 23 heavy (non-hydrogen) atoms. The maximum Gasteiger partial charge on any atom is 0.191 e. The topological polar surface area (TPSA) is 73.8 Å². The third kappa shape index (κ3) is 9.81. The van der Waals surface area contributed by atoms with Crippen LogP contribution in [-0.2, 0) is 9.84 Å². The van der Waals surface area contributed by atoms with Crippen LogP contribution in [0.15, 0.2) is 4.99 Å². The van der Waals surface area contributed by atoms with Gasteiger partial charge < -0.3 is 15.5 Å². The first-order valence-electron chi connectivity index (χ1n) is 8.75. The Morgan fingerprint density at radius 1 is 1.35 bits per heavy atom. The summed E-state index contributed by atoms with van der Waals surface area (Å²) in [7, 11) is -2.91. The van der Waals surface area contributed by atoms with Crippen molar-refractivity contribution >= 4 is 15.8 Å². The van der Waals surface area contributed by atoms with Gasteiger partial charge in [-0.3, -0.25) is 4.99 Å². The summed E-state index contributed by atoms with van der Waals surface area (Å²) in [6, 6.07) is 0.0818. The number of guanidine groups is 1. The number of sulfone groups is 1. The molecule has 1 fully saturated rings. The minimum Gasteiger partial charge on any atom is -0.357 e. The zero-order chi connectivity index (χ0) is 17.3. The van der Waals surface area contributed by atoms with E-state index in [1.165, 1.54) is 32.2 Å². The van der Waals surface area contributed by atoms with E-state index in [2.05, 4.69) is 27.4 Å². The summed E-state index contributed by atoms with van der Waals surface area (Å²) in [5.41, 5.74) is 0. The smallest absolute Gasteiger partial charge is 0.191 e. The van der Waals surface area contributed by atoms with Crippen LogP contribution in [0.3, 0.4) is 0 Å². The second-order valence-corrected chi connectivity index (χ2v) is 9.01. The first-order chi connectivity index (χ1) is 10.8. The SMILES string of the molecule is CCNC(=NCCN1CCC(C)CC1)NC(C)CCS(C)(=O)=O. The molecule has 0 aromatic heterocycles. The van der Waals surface area contributed by atoms with Gasteiger partial charge in [0.05, 0.1) is 12.3 Å². The van der Waals surface area contributed by atoms with Gasteiger partial charge in [0, 0.05) is 25.4 Å². The summed E-state index contributed by atoms with van der Waals surface area (Å²) in [5.74, 6) is 1.83. The van der Waals surface area contributed by atoms with Gasteiger partial charge >= 0.3 is 0 Å². The third-order valence-electron chi connectivity index (χ3n) is 4.21. The van der Waals surface area contributed by atoms with Crippen LogP contribution in [0.1, 0.15) is 40.0 Å². The van der Waals surface area contributed by atoms with Gasteiger partial charge in [0.15, 0.2) is 5.96 Å². The van der Waals surface area contributed by atoms with Crippen molar-refractivity contribution in [3.63, 3.8) is 0 Å². The Bertz CT molecular complexity index is 457. The molecule has 136 valence electrons. The van der Waals surface area contributed by atoms with E-state index in [1.807, 2.05) is 13.8 Å². The zero-order valence-corrected chi connectivity index (χ0v) is 16.0. The van der Waals surface area contributed by atoms with Gasteiger partial charge in [0.25, 0.3) is 0 Å². The highest BCUT2D eigenvalue weighted by Gasteiger charge is 2.15. The van der Waals surface area contributed by atoms with Crippen LogP contribution in [-0.4, -0.2) is 70.1 Å². The molecule has 1 aliphatic rings. The van der Waals surface area contributed by atoms with E-state index in [0.29, 0.717) is 6.42 Å². The lowest BCUT2D eigenvalue weighted by atomic mass is 9.99. The Kier molecular flexibility index (Phi) is 8.91. The highest BCUT2D eigenvalue weighted by Crippen LogP contribution is 2.15. The van der Waals surface area contributed by atoms with Crippen LogP contribution in [0, 0.1) is 5.92 Å². The maximum absolute atomic E-state index is 11.2. The maximum atomic E-state index is 11.2. The summed E-state index contributed by atoms with van der Waals surface area (Å²) >= 11 is 0. The van der Waals surface area contributed by atoms with Crippen molar-refractivity contribution in [1.29, 1.82) is 0 Å². The van der Waals surface area contributed by atoms with Gasteiger partial charge in [-0.15, -0.1) is 0 Å². The van der Waals surface area contributed by atoms with E-state index in [-0.39, 0.29) is 11.8 Å². The zero-order valence-electron chi connectivity index (χ0n) is 15.1. The predicted molar refractivity (Wildman–Crippen MR) is 97.7 cm³/mol. The third-order valence-corrected chi connectivity index (χ3v) is 5.19. The van der Waals surface area contributed by atoms with E-state index < -0.39 is 9.84 Å². The van der Waals surface area contributed by atoms with E-state index in [9.17, 15) is 8.42 Å². The number of hydrogen-bond acceptors (Lipinski definition) is 4. The molecule has 1 unspecified atom stereocenters. The molecule has 7 heteroatoms. The summed E-state index contributed by atoms with van der Waals surface area (Å²) in [6.45, 7) is 11.2. The van der Waals surface area contributed by atoms with Crippen LogP contribution in [0.5, 0.6) is 0 Å². The van der Waals surface area contributed by atoms with Gasteiger partial charge in [-0.1, -0.05) is 6.92 Å². The molecule has 0 amide bonds. The van der Waals surface area contributed by atoms with Gasteiger partial charge in [-0.25, -0.2) is 8.42 Å². The molecule has 2 N–H and O–H groups in total. The Labute approximate surface area is 142 Å². The molecule has 0 bridgehead atoms. The minimum absolute atomic E-state index is 0.0818. The molecule has 1 saturated heterocycles. The molecule has 1 heterocycles. The van der Waals surface area contributed by atoms with Crippen molar-refractivity contribution in [3.8, 4) is 0 Å². The standard InChI is InChI=1S/C16H34N4O2S/c1-5-17-16(19-15(3)8-13-23(4,21)22)18-9-12-20-10-6-14(2)7-11-20/h14-15H,5-13H2,1-4H3,(H2,17,18,19). The normalized spacial score (nSPS) is 19.6. The van der Waals surface area contributed by atoms with E-state index in [1.54, 1.807) is 0 Å². The van der Waals surface area contributed by atoms with Crippen molar-refractivity contribution in [2.75, 3.05) is 44.7 Å².